The molecule has 0 radical (unpaired) electrons. The van der Waals surface area contributed by atoms with Gasteiger partial charge >= 0.3 is 12.1 Å². The van der Waals surface area contributed by atoms with Gasteiger partial charge in [-0.3, -0.25) is 4.79 Å². The summed E-state index contributed by atoms with van der Waals surface area (Å²) in [6.45, 7) is 0.658. The van der Waals surface area contributed by atoms with E-state index in [-0.39, 0.29) is 18.4 Å². The minimum atomic E-state index is -4.70. The Kier molecular flexibility index (Phi) is 5.05. The van der Waals surface area contributed by atoms with Crippen LogP contribution in [0.1, 0.15) is 30.4 Å². The molecule has 0 saturated carbocycles. The summed E-state index contributed by atoms with van der Waals surface area (Å²) in [5.74, 6) is -2.09. The normalized spacial score (nSPS) is 22.5. The lowest BCUT2D eigenvalue weighted by molar-refractivity contribution is -0.140. The summed E-state index contributed by atoms with van der Waals surface area (Å²) in [7, 11) is 0. The quantitative estimate of drug-likeness (QED) is 0.838. The average Bonchev–Trinajstić information content (AvgIpc) is 2.36. The van der Waals surface area contributed by atoms with Crippen molar-refractivity contribution < 1.29 is 27.5 Å². The minimum absolute atomic E-state index is 0.0445. The summed E-state index contributed by atoms with van der Waals surface area (Å²) in [6, 6.07) is 2.89. The summed E-state index contributed by atoms with van der Waals surface area (Å²) in [6.07, 6.45) is -2.86. The Balaban J connectivity index is 2.01. The number of nitrogens with one attached hydrogen (secondary N) is 1. The maximum Gasteiger partial charge on any atom is 0.419 e. The number of carboxylic acid groups (broad SMARTS) is 1. The van der Waals surface area contributed by atoms with E-state index in [0.29, 0.717) is 24.9 Å². The number of alkyl halides is 3. The van der Waals surface area contributed by atoms with E-state index in [1.807, 2.05) is 0 Å². The highest BCUT2D eigenvalue weighted by Crippen LogP contribution is 2.32. The molecule has 22 heavy (non-hydrogen) atoms. The van der Waals surface area contributed by atoms with E-state index in [1.165, 1.54) is 6.07 Å². The summed E-state index contributed by atoms with van der Waals surface area (Å²) in [5, 5.41) is 12.0. The van der Waals surface area contributed by atoms with Gasteiger partial charge in [-0.15, -0.1) is 0 Å². The first-order valence-corrected chi connectivity index (χ1v) is 7.06. The molecular weight excluding hydrogens is 302 g/mol. The number of carbonyl (C=O) groups is 1. The van der Waals surface area contributed by atoms with E-state index >= 15 is 0 Å². The predicted molar refractivity (Wildman–Crippen MR) is 71.9 cm³/mol. The average molecular weight is 319 g/mol. The molecule has 1 fully saturated rings. The molecular formula is C15H17F4NO2. The molecule has 7 heteroatoms. The van der Waals surface area contributed by atoms with E-state index in [0.717, 1.165) is 18.6 Å². The molecule has 2 unspecified atom stereocenters. The fourth-order valence-corrected chi connectivity index (χ4v) is 2.88. The number of carboxylic acids is 1. The van der Waals surface area contributed by atoms with Crippen LogP contribution in [-0.4, -0.2) is 23.7 Å². The lowest BCUT2D eigenvalue weighted by Gasteiger charge is -2.29. The van der Waals surface area contributed by atoms with Crippen LogP contribution < -0.4 is 5.32 Å². The van der Waals surface area contributed by atoms with Gasteiger partial charge in [0.25, 0.3) is 0 Å². The van der Waals surface area contributed by atoms with Crippen LogP contribution in [0.4, 0.5) is 17.6 Å². The number of piperidine rings is 1. The van der Waals surface area contributed by atoms with Gasteiger partial charge in [0.05, 0.1) is 5.56 Å². The van der Waals surface area contributed by atoms with Gasteiger partial charge < -0.3 is 10.4 Å². The van der Waals surface area contributed by atoms with E-state index < -0.39 is 23.5 Å². The van der Waals surface area contributed by atoms with Gasteiger partial charge in [-0.25, -0.2) is 4.39 Å². The standard InChI is InChI=1S/C15H17F4NO2/c16-13-7-9(1-2-12(13)15(17,18)19)5-11-6-10(3-4-20-11)8-14(21)22/h1-2,7,10-11,20H,3-6,8H2,(H,21,22). The fraction of sp³-hybridized carbons (Fsp3) is 0.533. The predicted octanol–water partition coefficient (Wildman–Crippen LogP) is 3.23. The first-order valence-electron chi connectivity index (χ1n) is 7.06. The van der Waals surface area contributed by atoms with Crippen LogP contribution in [0.15, 0.2) is 18.2 Å². The van der Waals surface area contributed by atoms with Gasteiger partial charge in [0.2, 0.25) is 0 Å². The summed E-state index contributed by atoms with van der Waals surface area (Å²) < 4.78 is 51.0. The smallest absolute Gasteiger partial charge is 0.419 e. The monoisotopic (exact) mass is 319 g/mol. The molecule has 2 atom stereocenters. The Labute approximate surface area is 125 Å². The third-order valence-electron chi connectivity index (χ3n) is 3.89. The van der Waals surface area contributed by atoms with Crippen molar-refractivity contribution in [2.45, 2.75) is 37.9 Å². The lowest BCUT2D eigenvalue weighted by atomic mass is 9.87. The molecule has 1 aromatic carbocycles. The lowest BCUT2D eigenvalue weighted by Crippen LogP contribution is -2.40. The van der Waals surface area contributed by atoms with Crippen LogP contribution in [0.2, 0.25) is 0 Å². The highest BCUT2D eigenvalue weighted by Gasteiger charge is 2.34. The highest BCUT2D eigenvalue weighted by atomic mass is 19.4. The van der Waals surface area contributed by atoms with Crippen LogP contribution in [0, 0.1) is 11.7 Å². The van der Waals surface area contributed by atoms with Crippen LogP contribution in [0.25, 0.3) is 0 Å². The second kappa shape index (κ2) is 6.64. The van der Waals surface area contributed by atoms with E-state index in [9.17, 15) is 22.4 Å². The third kappa shape index (κ3) is 4.43. The topological polar surface area (TPSA) is 49.3 Å². The molecule has 1 heterocycles. The molecule has 2 rings (SSSR count). The Morgan fingerprint density at radius 1 is 1.36 bits per heavy atom. The highest BCUT2D eigenvalue weighted by molar-refractivity contribution is 5.67. The van der Waals surface area contributed by atoms with Gasteiger partial charge in [0.15, 0.2) is 0 Å². The Morgan fingerprint density at radius 3 is 2.68 bits per heavy atom. The maximum atomic E-state index is 13.5. The molecule has 1 saturated heterocycles. The number of rotatable bonds is 4. The van der Waals surface area contributed by atoms with Crippen molar-refractivity contribution in [1.29, 1.82) is 0 Å². The first-order chi connectivity index (χ1) is 10.3. The molecule has 122 valence electrons. The molecule has 1 aromatic rings. The molecule has 0 aliphatic carbocycles. The van der Waals surface area contributed by atoms with Gasteiger partial charge in [-0.2, -0.15) is 13.2 Å². The number of halogens is 4. The van der Waals surface area contributed by atoms with Crippen molar-refractivity contribution in [3.05, 3.63) is 35.1 Å². The maximum absolute atomic E-state index is 13.5. The Morgan fingerprint density at radius 2 is 2.09 bits per heavy atom. The molecule has 1 aliphatic heterocycles. The van der Waals surface area contributed by atoms with Crippen molar-refractivity contribution in [2.75, 3.05) is 6.54 Å². The van der Waals surface area contributed by atoms with Crippen molar-refractivity contribution in [3.8, 4) is 0 Å². The number of hydrogen-bond acceptors (Lipinski definition) is 2. The molecule has 3 nitrogen and oxygen atoms in total. The van der Waals surface area contributed by atoms with Gasteiger partial charge in [-0.1, -0.05) is 6.07 Å². The minimum Gasteiger partial charge on any atom is -0.481 e. The van der Waals surface area contributed by atoms with Crippen molar-refractivity contribution in [2.24, 2.45) is 5.92 Å². The zero-order valence-corrected chi connectivity index (χ0v) is 11.8. The second-order valence-corrected chi connectivity index (χ2v) is 5.66. The zero-order valence-electron chi connectivity index (χ0n) is 11.8. The van der Waals surface area contributed by atoms with Gasteiger partial charge in [0.1, 0.15) is 5.82 Å². The fourth-order valence-electron chi connectivity index (χ4n) is 2.88. The molecule has 1 aliphatic rings. The van der Waals surface area contributed by atoms with Crippen molar-refractivity contribution in [1.82, 2.24) is 5.32 Å². The molecule has 0 amide bonds. The van der Waals surface area contributed by atoms with Gasteiger partial charge in [-0.05, 0) is 49.4 Å². The second-order valence-electron chi connectivity index (χ2n) is 5.66. The molecule has 2 N–H and O–H groups in total. The van der Waals surface area contributed by atoms with Crippen LogP contribution >= 0.6 is 0 Å². The number of aliphatic carboxylic acids is 1. The number of benzene rings is 1. The number of hydrogen-bond donors (Lipinski definition) is 2. The zero-order chi connectivity index (χ0) is 16.3. The van der Waals surface area contributed by atoms with Crippen LogP contribution in [0.5, 0.6) is 0 Å². The first kappa shape index (κ1) is 16.7. The Bertz CT molecular complexity index is 545. The largest absolute Gasteiger partial charge is 0.481 e. The Hall–Kier alpha value is -1.63. The van der Waals surface area contributed by atoms with Crippen LogP contribution in [-0.2, 0) is 17.4 Å². The molecule has 0 bridgehead atoms. The third-order valence-corrected chi connectivity index (χ3v) is 3.89. The van der Waals surface area contributed by atoms with Crippen molar-refractivity contribution in [3.63, 3.8) is 0 Å². The van der Waals surface area contributed by atoms with Gasteiger partial charge in [0, 0.05) is 12.5 Å². The van der Waals surface area contributed by atoms with Crippen molar-refractivity contribution >= 4 is 5.97 Å². The SMILES string of the molecule is O=C(O)CC1CCNC(Cc2ccc(C(F)(F)F)c(F)c2)C1. The van der Waals surface area contributed by atoms with E-state index in [1.54, 1.807) is 0 Å². The molecule has 0 aromatic heterocycles. The van der Waals surface area contributed by atoms with E-state index in [4.69, 9.17) is 5.11 Å². The van der Waals surface area contributed by atoms with E-state index in [2.05, 4.69) is 5.32 Å². The summed E-state index contributed by atoms with van der Waals surface area (Å²) in [4.78, 5) is 10.7. The van der Waals surface area contributed by atoms with Crippen LogP contribution in [0.3, 0.4) is 0 Å². The summed E-state index contributed by atoms with van der Waals surface area (Å²) >= 11 is 0. The summed E-state index contributed by atoms with van der Waals surface area (Å²) in [5.41, 5.74) is -0.796. The molecule has 0 spiro atoms.